The van der Waals surface area contributed by atoms with Crippen LogP contribution in [0.4, 0.5) is 5.69 Å². The normalized spacial score (nSPS) is 17.3. The highest BCUT2D eigenvalue weighted by atomic mass is 14.7. The summed E-state index contributed by atoms with van der Waals surface area (Å²) in [5.41, 5.74) is 7.77. The molecule has 3 aromatic rings. The van der Waals surface area contributed by atoms with Crippen LogP contribution in [-0.2, 0) is 0 Å². The van der Waals surface area contributed by atoms with Crippen molar-refractivity contribution in [2.75, 3.05) is 0 Å². The Balaban J connectivity index is 1.91. The summed E-state index contributed by atoms with van der Waals surface area (Å²) in [4.78, 5) is 4.77. The Kier molecular flexibility index (Phi) is 4.30. The highest BCUT2D eigenvalue weighted by Gasteiger charge is 2.24. The number of hydrogen-bond acceptors (Lipinski definition) is 1. The molecule has 0 radical (unpaired) electrons. The van der Waals surface area contributed by atoms with Gasteiger partial charge in [0.15, 0.2) is 0 Å². The number of rotatable bonds is 3. The molecule has 26 heavy (non-hydrogen) atoms. The van der Waals surface area contributed by atoms with Gasteiger partial charge in [0.2, 0.25) is 0 Å². The summed E-state index contributed by atoms with van der Waals surface area (Å²) in [7, 11) is 0. The minimum atomic E-state index is 0.344. The molecule has 0 aliphatic heterocycles. The molecule has 0 spiro atoms. The maximum atomic E-state index is 4.77. The van der Waals surface area contributed by atoms with Gasteiger partial charge in [-0.1, -0.05) is 77.4 Å². The van der Waals surface area contributed by atoms with Crippen LogP contribution in [-0.4, -0.2) is 6.21 Å². The monoisotopic (exact) mass is 337 g/mol. The predicted octanol–water partition coefficient (Wildman–Crippen LogP) is 6.97. The molecule has 1 atom stereocenters. The van der Waals surface area contributed by atoms with E-state index < -0.39 is 0 Å². The van der Waals surface area contributed by atoms with E-state index in [0.29, 0.717) is 5.92 Å². The fourth-order valence-electron chi connectivity index (χ4n) is 3.95. The summed E-state index contributed by atoms with van der Waals surface area (Å²) >= 11 is 0. The summed E-state index contributed by atoms with van der Waals surface area (Å²) in [6.07, 6.45) is 4.36. The first-order valence-corrected chi connectivity index (χ1v) is 9.11. The number of para-hydroxylation sites is 1. The SMILES string of the molecule is CC1=CC(C)=C(C)C1c1ccc2ccccc2c1C=Nc1ccccc1. The number of hydrogen-bond donors (Lipinski definition) is 0. The molecule has 0 amide bonds. The average molecular weight is 337 g/mol. The lowest BCUT2D eigenvalue weighted by Crippen LogP contribution is -2.04. The summed E-state index contributed by atoms with van der Waals surface area (Å²) in [5, 5.41) is 2.51. The van der Waals surface area contributed by atoms with E-state index in [1.54, 1.807) is 0 Å². The van der Waals surface area contributed by atoms with Crippen LogP contribution in [0.3, 0.4) is 0 Å². The Morgan fingerprint density at radius 3 is 2.27 bits per heavy atom. The van der Waals surface area contributed by atoms with Crippen LogP contribution < -0.4 is 0 Å². The van der Waals surface area contributed by atoms with Crippen molar-refractivity contribution in [2.45, 2.75) is 26.7 Å². The first-order chi connectivity index (χ1) is 12.6. The summed E-state index contributed by atoms with van der Waals surface area (Å²) < 4.78 is 0. The zero-order chi connectivity index (χ0) is 18.1. The Morgan fingerprint density at radius 2 is 1.54 bits per heavy atom. The summed E-state index contributed by atoms with van der Waals surface area (Å²) in [6.45, 7) is 6.69. The van der Waals surface area contributed by atoms with E-state index in [1.807, 2.05) is 36.5 Å². The molecular formula is C25H23N. The molecule has 0 bridgehead atoms. The molecule has 128 valence electrons. The third-order valence-electron chi connectivity index (χ3n) is 5.37. The van der Waals surface area contributed by atoms with Crippen molar-refractivity contribution in [2.24, 2.45) is 4.99 Å². The third kappa shape index (κ3) is 2.90. The van der Waals surface area contributed by atoms with Gasteiger partial charge >= 0.3 is 0 Å². The lowest BCUT2D eigenvalue weighted by molar-refractivity contribution is 0.939. The zero-order valence-electron chi connectivity index (χ0n) is 15.5. The topological polar surface area (TPSA) is 12.4 Å². The molecule has 1 unspecified atom stereocenters. The Hall–Kier alpha value is -2.93. The molecule has 0 saturated carbocycles. The molecule has 0 heterocycles. The second-order valence-corrected chi connectivity index (χ2v) is 7.07. The molecule has 1 aliphatic carbocycles. The van der Waals surface area contributed by atoms with Crippen molar-refractivity contribution in [3.63, 3.8) is 0 Å². The number of aliphatic imine (C=N–C) groups is 1. The van der Waals surface area contributed by atoms with Crippen LogP contribution in [0.15, 0.2) is 94.5 Å². The molecule has 0 aromatic heterocycles. The molecule has 1 nitrogen and oxygen atoms in total. The highest BCUT2D eigenvalue weighted by molar-refractivity contribution is 6.02. The largest absolute Gasteiger partial charge is 0.256 e. The van der Waals surface area contributed by atoms with E-state index in [9.17, 15) is 0 Å². The van der Waals surface area contributed by atoms with E-state index in [2.05, 4.69) is 63.2 Å². The highest BCUT2D eigenvalue weighted by Crippen LogP contribution is 2.41. The maximum Gasteiger partial charge on any atom is 0.0629 e. The van der Waals surface area contributed by atoms with E-state index in [1.165, 1.54) is 38.6 Å². The molecule has 0 fully saturated rings. The molecule has 1 heteroatoms. The van der Waals surface area contributed by atoms with Gasteiger partial charge in [-0.05, 0) is 49.2 Å². The fraction of sp³-hybridized carbons (Fsp3) is 0.160. The first kappa shape index (κ1) is 16.5. The quantitative estimate of drug-likeness (QED) is 0.458. The summed E-state index contributed by atoms with van der Waals surface area (Å²) in [5.74, 6) is 0.344. The van der Waals surface area contributed by atoms with Crippen molar-refractivity contribution in [1.82, 2.24) is 0 Å². The lowest BCUT2D eigenvalue weighted by atomic mass is 9.84. The van der Waals surface area contributed by atoms with Gasteiger partial charge in [-0.25, -0.2) is 0 Å². The van der Waals surface area contributed by atoms with E-state index in [-0.39, 0.29) is 0 Å². The van der Waals surface area contributed by atoms with E-state index in [0.717, 1.165) is 5.69 Å². The Morgan fingerprint density at radius 1 is 0.808 bits per heavy atom. The van der Waals surface area contributed by atoms with Crippen molar-refractivity contribution >= 4 is 22.7 Å². The van der Waals surface area contributed by atoms with Gasteiger partial charge in [-0.2, -0.15) is 0 Å². The van der Waals surface area contributed by atoms with E-state index >= 15 is 0 Å². The van der Waals surface area contributed by atoms with Crippen molar-refractivity contribution in [3.8, 4) is 0 Å². The van der Waals surface area contributed by atoms with Crippen molar-refractivity contribution in [1.29, 1.82) is 0 Å². The zero-order valence-corrected chi connectivity index (χ0v) is 15.5. The minimum Gasteiger partial charge on any atom is -0.256 e. The second kappa shape index (κ2) is 6.76. The van der Waals surface area contributed by atoms with Gasteiger partial charge in [0.25, 0.3) is 0 Å². The molecule has 0 N–H and O–H groups in total. The van der Waals surface area contributed by atoms with Crippen molar-refractivity contribution in [3.05, 3.63) is 101 Å². The minimum absolute atomic E-state index is 0.344. The van der Waals surface area contributed by atoms with Gasteiger partial charge in [0.1, 0.15) is 0 Å². The maximum absolute atomic E-state index is 4.77. The van der Waals surface area contributed by atoms with Gasteiger partial charge < -0.3 is 0 Å². The second-order valence-electron chi connectivity index (χ2n) is 7.07. The van der Waals surface area contributed by atoms with Crippen molar-refractivity contribution < 1.29 is 0 Å². The number of allylic oxidation sites excluding steroid dienone is 4. The molecular weight excluding hydrogens is 314 g/mol. The first-order valence-electron chi connectivity index (χ1n) is 9.11. The number of benzene rings is 3. The Labute approximate surface area is 155 Å². The molecule has 0 saturated heterocycles. The third-order valence-corrected chi connectivity index (χ3v) is 5.37. The van der Waals surface area contributed by atoms with Gasteiger partial charge in [0, 0.05) is 17.7 Å². The van der Waals surface area contributed by atoms with Crippen LogP contribution in [0.25, 0.3) is 10.8 Å². The summed E-state index contributed by atoms with van der Waals surface area (Å²) in [6, 6.07) is 23.2. The van der Waals surface area contributed by atoms with Gasteiger partial charge in [-0.3, -0.25) is 4.99 Å². The smallest absolute Gasteiger partial charge is 0.0629 e. The molecule has 1 aliphatic rings. The predicted molar refractivity (Wildman–Crippen MR) is 113 cm³/mol. The van der Waals surface area contributed by atoms with Crippen LogP contribution in [0.2, 0.25) is 0 Å². The van der Waals surface area contributed by atoms with E-state index in [4.69, 9.17) is 4.99 Å². The van der Waals surface area contributed by atoms with Crippen LogP contribution in [0, 0.1) is 0 Å². The number of fused-ring (bicyclic) bond motifs is 1. The lowest BCUT2D eigenvalue weighted by Gasteiger charge is -2.19. The van der Waals surface area contributed by atoms with Crippen LogP contribution >= 0.6 is 0 Å². The Bertz CT molecular complexity index is 1050. The van der Waals surface area contributed by atoms with Crippen LogP contribution in [0.5, 0.6) is 0 Å². The van der Waals surface area contributed by atoms with Gasteiger partial charge in [0.05, 0.1) is 5.69 Å². The fourth-order valence-corrected chi connectivity index (χ4v) is 3.95. The number of nitrogens with zero attached hydrogens (tertiary/aromatic N) is 1. The molecule has 4 rings (SSSR count). The van der Waals surface area contributed by atoms with Gasteiger partial charge in [-0.15, -0.1) is 0 Å². The molecule has 3 aromatic carbocycles. The standard InChI is InChI=1S/C25H23N/c1-17-15-18(2)25(19(17)3)23-14-13-20-9-7-8-12-22(20)24(23)16-26-21-10-5-4-6-11-21/h4-16,25H,1-3H3. The average Bonchev–Trinajstić information content (AvgIpc) is 2.92. The van der Waals surface area contributed by atoms with Crippen LogP contribution in [0.1, 0.15) is 37.8 Å².